The second-order valence-corrected chi connectivity index (χ2v) is 3.41. The van der Waals surface area contributed by atoms with Crippen molar-refractivity contribution in [3.8, 4) is 0 Å². The topological polar surface area (TPSA) is 29.3 Å². The summed E-state index contributed by atoms with van der Waals surface area (Å²) >= 11 is 0. The molecule has 1 atom stereocenters. The molecule has 1 aliphatic rings. The molecule has 2 N–H and O–H groups in total. The molecule has 1 aliphatic heterocycles. The minimum absolute atomic E-state index is 0.505. The van der Waals surface area contributed by atoms with E-state index in [2.05, 4.69) is 24.0 Å². The Morgan fingerprint density at radius 2 is 2.42 bits per heavy atom. The molecule has 0 bridgehead atoms. The summed E-state index contributed by atoms with van der Waals surface area (Å²) in [5.41, 5.74) is 5.67. The fourth-order valence-corrected chi connectivity index (χ4v) is 1.65. The van der Waals surface area contributed by atoms with Gasteiger partial charge in [0.2, 0.25) is 0 Å². The molecule has 0 aromatic carbocycles. The van der Waals surface area contributed by atoms with Crippen LogP contribution in [0.1, 0.15) is 26.2 Å². The first-order chi connectivity index (χ1) is 5.88. The second kappa shape index (κ2) is 5.33. The van der Waals surface area contributed by atoms with Crippen LogP contribution in [0.4, 0.5) is 0 Å². The molecule has 1 heterocycles. The van der Waals surface area contributed by atoms with Crippen molar-refractivity contribution in [2.75, 3.05) is 19.6 Å². The first-order valence-electron chi connectivity index (χ1n) is 4.99. The lowest BCUT2D eigenvalue weighted by atomic mass is 10.1. The smallest absolute Gasteiger partial charge is 0.0401 e. The van der Waals surface area contributed by atoms with Gasteiger partial charge in [0.05, 0.1) is 0 Å². The van der Waals surface area contributed by atoms with Crippen LogP contribution in [-0.4, -0.2) is 30.6 Å². The zero-order chi connectivity index (χ0) is 8.81. The molecule has 0 amide bonds. The highest BCUT2D eigenvalue weighted by Gasteiger charge is 2.15. The molecule has 0 fully saturated rings. The van der Waals surface area contributed by atoms with Gasteiger partial charge in [0, 0.05) is 19.1 Å². The molecule has 1 rings (SSSR count). The molecule has 2 heteroatoms. The molecule has 0 aromatic heterocycles. The first-order valence-corrected chi connectivity index (χ1v) is 4.99. The van der Waals surface area contributed by atoms with Gasteiger partial charge >= 0.3 is 0 Å². The van der Waals surface area contributed by atoms with E-state index in [0.717, 1.165) is 6.54 Å². The Morgan fingerprint density at radius 1 is 1.58 bits per heavy atom. The zero-order valence-corrected chi connectivity index (χ0v) is 8.00. The van der Waals surface area contributed by atoms with Crippen LogP contribution in [0.25, 0.3) is 0 Å². The number of nitrogens with two attached hydrogens (primary N) is 1. The number of hydrogen-bond donors (Lipinski definition) is 1. The van der Waals surface area contributed by atoms with Crippen LogP contribution < -0.4 is 5.73 Å². The van der Waals surface area contributed by atoms with Crippen molar-refractivity contribution in [2.45, 2.75) is 32.2 Å². The Labute approximate surface area is 75.4 Å². The third kappa shape index (κ3) is 2.61. The molecule has 0 aliphatic carbocycles. The second-order valence-electron chi connectivity index (χ2n) is 3.41. The van der Waals surface area contributed by atoms with Gasteiger partial charge < -0.3 is 5.73 Å². The molecule has 0 radical (unpaired) electrons. The van der Waals surface area contributed by atoms with Crippen molar-refractivity contribution in [3.05, 3.63) is 12.2 Å². The summed E-state index contributed by atoms with van der Waals surface area (Å²) in [6.45, 7) is 5.40. The SMILES string of the molecule is CCCCN1CCC=CC1CN. The van der Waals surface area contributed by atoms with E-state index in [1.807, 2.05) is 0 Å². The van der Waals surface area contributed by atoms with Crippen molar-refractivity contribution >= 4 is 0 Å². The minimum Gasteiger partial charge on any atom is -0.329 e. The first kappa shape index (κ1) is 9.75. The summed E-state index contributed by atoms with van der Waals surface area (Å²) in [4.78, 5) is 2.49. The summed E-state index contributed by atoms with van der Waals surface area (Å²) in [6, 6.07) is 0.505. The monoisotopic (exact) mass is 168 g/mol. The van der Waals surface area contributed by atoms with E-state index >= 15 is 0 Å². The molecule has 0 aromatic rings. The normalized spacial score (nSPS) is 24.7. The predicted molar refractivity (Wildman–Crippen MR) is 53.1 cm³/mol. The summed E-state index contributed by atoms with van der Waals surface area (Å²) in [7, 11) is 0. The maximum absolute atomic E-state index is 5.67. The van der Waals surface area contributed by atoms with Crippen molar-refractivity contribution in [2.24, 2.45) is 5.73 Å². The van der Waals surface area contributed by atoms with Crippen molar-refractivity contribution in [1.82, 2.24) is 4.90 Å². The maximum atomic E-state index is 5.67. The van der Waals surface area contributed by atoms with Gasteiger partial charge in [-0.25, -0.2) is 0 Å². The van der Waals surface area contributed by atoms with Gasteiger partial charge in [0.15, 0.2) is 0 Å². The number of hydrogen-bond acceptors (Lipinski definition) is 2. The molecular weight excluding hydrogens is 148 g/mol. The van der Waals surface area contributed by atoms with Crippen LogP contribution in [0.15, 0.2) is 12.2 Å². The average Bonchev–Trinajstić information content (AvgIpc) is 2.15. The van der Waals surface area contributed by atoms with Gasteiger partial charge in [-0.2, -0.15) is 0 Å². The van der Waals surface area contributed by atoms with Crippen LogP contribution in [0.5, 0.6) is 0 Å². The van der Waals surface area contributed by atoms with Crippen LogP contribution in [-0.2, 0) is 0 Å². The van der Waals surface area contributed by atoms with Crippen LogP contribution >= 0.6 is 0 Å². The number of unbranched alkanes of at least 4 members (excludes halogenated alkanes) is 1. The highest BCUT2D eigenvalue weighted by molar-refractivity contribution is 4.99. The standard InChI is InChI=1S/C10H20N2/c1-2-3-7-12-8-5-4-6-10(12)9-11/h4,6,10H,2-3,5,7-9,11H2,1H3. The number of rotatable bonds is 4. The molecule has 0 spiro atoms. The largest absolute Gasteiger partial charge is 0.329 e. The molecule has 0 saturated heterocycles. The lowest BCUT2D eigenvalue weighted by Gasteiger charge is -2.31. The van der Waals surface area contributed by atoms with E-state index in [1.165, 1.54) is 32.4 Å². The summed E-state index contributed by atoms with van der Waals surface area (Å²) < 4.78 is 0. The average molecular weight is 168 g/mol. The molecule has 70 valence electrons. The van der Waals surface area contributed by atoms with Crippen LogP contribution in [0, 0.1) is 0 Å². The number of nitrogens with zero attached hydrogens (tertiary/aromatic N) is 1. The minimum atomic E-state index is 0.505. The fourth-order valence-electron chi connectivity index (χ4n) is 1.65. The van der Waals surface area contributed by atoms with Crippen LogP contribution in [0.2, 0.25) is 0 Å². The lowest BCUT2D eigenvalue weighted by molar-refractivity contribution is 0.224. The van der Waals surface area contributed by atoms with Gasteiger partial charge in [0.25, 0.3) is 0 Å². The van der Waals surface area contributed by atoms with Crippen molar-refractivity contribution < 1.29 is 0 Å². The Bertz CT molecular complexity index is 143. The van der Waals surface area contributed by atoms with Crippen LogP contribution in [0.3, 0.4) is 0 Å². The van der Waals surface area contributed by atoms with E-state index in [9.17, 15) is 0 Å². The lowest BCUT2D eigenvalue weighted by Crippen LogP contribution is -2.42. The Morgan fingerprint density at radius 3 is 3.08 bits per heavy atom. The van der Waals surface area contributed by atoms with Crippen molar-refractivity contribution in [1.29, 1.82) is 0 Å². The third-order valence-electron chi connectivity index (χ3n) is 2.45. The third-order valence-corrected chi connectivity index (χ3v) is 2.45. The van der Waals surface area contributed by atoms with E-state index in [1.54, 1.807) is 0 Å². The highest BCUT2D eigenvalue weighted by atomic mass is 15.2. The van der Waals surface area contributed by atoms with Gasteiger partial charge in [-0.15, -0.1) is 0 Å². The summed E-state index contributed by atoms with van der Waals surface area (Å²) in [5.74, 6) is 0. The van der Waals surface area contributed by atoms with Gasteiger partial charge in [-0.3, -0.25) is 4.90 Å². The Hall–Kier alpha value is -0.340. The van der Waals surface area contributed by atoms with Gasteiger partial charge in [0.1, 0.15) is 0 Å². The molecular formula is C10H20N2. The fraction of sp³-hybridized carbons (Fsp3) is 0.800. The van der Waals surface area contributed by atoms with Crippen molar-refractivity contribution in [3.63, 3.8) is 0 Å². The molecule has 1 unspecified atom stereocenters. The van der Waals surface area contributed by atoms with Gasteiger partial charge in [-0.05, 0) is 19.4 Å². The van der Waals surface area contributed by atoms with E-state index in [4.69, 9.17) is 5.73 Å². The zero-order valence-electron chi connectivity index (χ0n) is 8.00. The van der Waals surface area contributed by atoms with E-state index in [0.29, 0.717) is 6.04 Å². The maximum Gasteiger partial charge on any atom is 0.0401 e. The van der Waals surface area contributed by atoms with E-state index < -0.39 is 0 Å². The Balaban J connectivity index is 2.34. The quantitative estimate of drug-likeness (QED) is 0.642. The van der Waals surface area contributed by atoms with Gasteiger partial charge in [-0.1, -0.05) is 25.5 Å². The summed E-state index contributed by atoms with van der Waals surface area (Å²) in [5, 5.41) is 0. The highest BCUT2D eigenvalue weighted by Crippen LogP contribution is 2.09. The molecule has 0 saturated carbocycles. The van der Waals surface area contributed by atoms with E-state index in [-0.39, 0.29) is 0 Å². The summed E-state index contributed by atoms with van der Waals surface area (Å²) in [6.07, 6.45) is 8.27. The predicted octanol–water partition coefficient (Wildman–Crippen LogP) is 1.38. The molecule has 12 heavy (non-hydrogen) atoms. The molecule has 2 nitrogen and oxygen atoms in total. The Kier molecular flexibility index (Phi) is 4.33.